The smallest absolute Gasteiger partial charge is 0.223 e. The van der Waals surface area contributed by atoms with Crippen molar-refractivity contribution in [2.45, 2.75) is 54.8 Å². The number of ether oxygens (including phenoxy) is 3. The van der Waals surface area contributed by atoms with Crippen LogP contribution in [0.4, 0.5) is 0 Å². The van der Waals surface area contributed by atoms with Gasteiger partial charge < -0.3 is 55.1 Å². The molecule has 1 unspecified atom stereocenters. The fraction of sp³-hybridized carbons (Fsp3) is 1.00. The molecule has 2 fully saturated rings. The molecule has 0 spiro atoms. The lowest BCUT2D eigenvalue weighted by atomic mass is 9.96. The summed E-state index contributed by atoms with van der Waals surface area (Å²) in [4.78, 5) is 0. The Bertz CT molecular complexity index is 393. The van der Waals surface area contributed by atoms with E-state index >= 15 is 0 Å². The molecule has 23 heavy (non-hydrogen) atoms. The Morgan fingerprint density at radius 3 is 2.13 bits per heavy atom. The number of rotatable bonds is 4. The molecule has 2 saturated heterocycles. The summed E-state index contributed by atoms with van der Waals surface area (Å²) in [5.41, 5.74) is 0. The molecule has 0 aromatic heterocycles. The Balaban J connectivity index is 2.17. The van der Waals surface area contributed by atoms with E-state index in [0.717, 1.165) is 0 Å². The van der Waals surface area contributed by atoms with Gasteiger partial charge in [-0.1, -0.05) is 0 Å². The van der Waals surface area contributed by atoms with Crippen LogP contribution in [0.3, 0.4) is 0 Å². The maximum atomic E-state index is 10.00. The number of hydrogen-bond acceptors (Lipinski definition) is 11. The van der Waals surface area contributed by atoms with Crippen molar-refractivity contribution < 1.29 is 55.1 Å². The SMILES string of the molecule is OC[C@H]1OC(O[C@]2(CO)OC[C@H](O)[C@H](O)[C@H]2O)[C@H](O)[C@@H](O)[C@@H]1O. The van der Waals surface area contributed by atoms with Crippen molar-refractivity contribution in [1.82, 2.24) is 0 Å². The highest BCUT2D eigenvalue weighted by molar-refractivity contribution is 4.95. The molecule has 0 aromatic carbocycles. The third-order valence-corrected chi connectivity index (χ3v) is 4.05. The number of aliphatic hydroxyl groups is 8. The van der Waals surface area contributed by atoms with E-state index in [9.17, 15) is 35.7 Å². The Hall–Kier alpha value is -0.440. The van der Waals surface area contributed by atoms with Crippen molar-refractivity contribution >= 4 is 0 Å². The predicted octanol–water partition coefficient (Wildman–Crippen LogP) is -5.40. The molecule has 0 bridgehead atoms. The second kappa shape index (κ2) is 7.21. The van der Waals surface area contributed by atoms with Gasteiger partial charge in [0.15, 0.2) is 6.29 Å². The normalized spacial score (nSPS) is 51.7. The third kappa shape index (κ3) is 3.36. The first-order chi connectivity index (χ1) is 10.8. The van der Waals surface area contributed by atoms with Gasteiger partial charge in [0.25, 0.3) is 0 Å². The molecule has 136 valence electrons. The van der Waals surface area contributed by atoms with Crippen LogP contribution in [0.5, 0.6) is 0 Å². The first-order valence-corrected chi connectivity index (χ1v) is 7.04. The van der Waals surface area contributed by atoms with Crippen LogP contribution in [0.1, 0.15) is 0 Å². The van der Waals surface area contributed by atoms with E-state index in [1.165, 1.54) is 0 Å². The van der Waals surface area contributed by atoms with Gasteiger partial charge in [-0.3, -0.25) is 0 Å². The van der Waals surface area contributed by atoms with Gasteiger partial charge >= 0.3 is 0 Å². The summed E-state index contributed by atoms with van der Waals surface area (Å²) in [7, 11) is 0. The molecule has 11 nitrogen and oxygen atoms in total. The van der Waals surface area contributed by atoms with Crippen LogP contribution in [-0.4, -0.2) is 115 Å². The highest BCUT2D eigenvalue weighted by Crippen LogP contribution is 2.32. The van der Waals surface area contributed by atoms with Crippen LogP contribution >= 0.6 is 0 Å². The summed E-state index contributed by atoms with van der Waals surface area (Å²) < 4.78 is 15.4. The summed E-state index contributed by atoms with van der Waals surface area (Å²) in [6.45, 7) is -2.13. The zero-order chi connectivity index (χ0) is 17.4. The molecule has 2 aliphatic heterocycles. The standard InChI is InChI=1S/C12H22O11/c13-1-5-7(17)8(18)9(19)11(22-5)23-12(3-14)10(20)6(16)4(15)2-21-12/h4-11,13-20H,1-3H2/t4-,5+,6-,7+,8-,9+,10+,11?,12-/m0/s1. The average molecular weight is 342 g/mol. The maximum Gasteiger partial charge on any atom is 0.223 e. The van der Waals surface area contributed by atoms with Gasteiger partial charge in [-0.2, -0.15) is 0 Å². The Kier molecular flexibility index (Phi) is 5.92. The van der Waals surface area contributed by atoms with Crippen molar-refractivity contribution in [2.75, 3.05) is 19.8 Å². The average Bonchev–Trinajstić information content (AvgIpc) is 2.56. The molecule has 2 aliphatic rings. The molecule has 0 radical (unpaired) electrons. The molecule has 2 heterocycles. The van der Waals surface area contributed by atoms with Gasteiger partial charge in [0.1, 0.15) is 49.3 Å². The van der Waals surface area contributed by atoms with Gasteiger partial charge in [0.05, 0.1) is 13.2 Å². The van der Waals surface area contributed by atoms with Crippen molar-refractivity contribution in [3.8, 4) is 0 Å². The van der Waals surface area contributed by atoms with E-state index in [2.05, 4.69) is 0 Å². The summed E-state index contributed by atoms with van der Waals surface area (Å²) in [6.07, 6.45) is -13.0. The molecular weight excluding hydrogens is 320 g/mol. The predicted molar refractivity (Wildman–Crippen MR) is 68.6 cm³/mol. The van der Waals surface area contributed by atoms with E-state index in [1.54, 1.807) is 0 Å². The molecule has 9 atom stereocenters. The highest BCUT2D eigenvalue weighted by Gasteiger charge is 2.55. The first kappa shape index (κ1) is 18.9. The molecule has 0 saturated carbocycles. The molecule has 0 aliphatic carbocycles. The lowest BCUT2D eigenvalue weighted by Crippen LogP contribution is -2.68. The van der Waals surface area contributed by atoms with Crippen LogP contribution in [0.2, 0.25) is 0 Å². The molecule has 8 N–H and O–H groups in total. The zero-order valence-electron chi connectivity index (χ0n) is 12.0. The van der Waals surface area contributed by atoms with Gasteiger partial charge in [-0.15, -0.1) is 0 Å². The second-order valence-electron chi connectivity index (χ2n) is 5.60. The van der Waals surface area contributed by atoms with Crippen LogP contribution in [-0.2, 0) is 14.2 Å². The van der Waals surface area contributed by atoms with Gasteiger partial charge in [-0.25, -0.2) is 0 Å². The molecular formula is C12H22O11. The van der Waals surface area contributed by atoms with E-state index < -0.39 is 74.6 Å². The Morgan fingerprint density at radius 2 is 1.57 bits per heavy atom. The van der Waals surface area contributed by atoms with Crippen LogP contribution in [0.25, 0.3) is 0 Å². The van der Waals surface area contributed by atoms with E-state index in [1.807, 2.05) is 0 Å². The fourth-order valence-electron chi connectivity index (χ4n) is 2.52. The van der Waals surface area contributed by atoms with Crippen LogP contribution < -0.4 is 0 Å². The van der Waals surface area contributed by atoms with Crippen LogP contribution in [0, 0.1) is 0 Å². The monoisotopic (exact) mass is 342 g/mol. The third-order valence-electron chi connectivity index (χ3n) is 4.05. The van der Waals surface area contributed by atoms with Crippen molar-refractivity contribution in [2.24, 2.45) is 0 Å². The minimum atomic E-state index is -2.23. The lowest BCUT2D eigenvalue weighted by molar-refractivity contribution is -0.415. The minimum Gasteiger partial charge on any atom is -0.394 e. The van der Waals surface area contributed by atoms with Gasteiger partial charge in [-0.05, 0) is 0 Å². The fourth-order valence-corrected chi connectivity index (χ4v) is 2.52. The van der Waals surface area contributed by atoms with E-state index in [4.69, 9.17) is 19.3 Å². The number of aliphatic hydroxyl groups excluding tert-OH is 8. The Labute approximate surface area is 130 Å². The van der Waals surface area contributed by atoms with E-state index in [-0.39, 0.29) is 0 Å². The molecule has 2 rings (SSSR count). The van der Waals surface area contributed by atoms with Crippen molar-refractivity contribution in [1.29, 1.82) is 0 Å². The quantitative estimate of drug-likeness (QED) is 0.243. The topological polar surface area (TPSA) is 190 Å². The molecule has 0 aromatic rings. The van der Waals surface area contributed by atoms with E-state index in [0.29, 0.717) is 0 Å². The molecule has 0 amide bonds. The second-order valence-corrected chi connectivity index (χ2v) is 5.60. The summed E-state index contributed by atoms with van der Waals surface area (Å²) >= 11 is 0. The summed E-state index contributed by atoms with van der Waals surface area (Å²) in [5.74, 6) is -2.23. The largest absolute Gasteiger partial charge is 0.394 e. The zero-order valence-corrected chi connectivity index (χ0v) is 12.0. The minimum absolute atomic E-state index is 0.476. The molecule has 11 heteroatoms. The Morgan fingerprint density at radius 1 is 0.913 bits per heavy atom. The van der Waals surface area contributed by atoms with Crippen LogP contribution in [0.15, 0.2) is 0 Å². The lowest BCUT2D eigenvalue weighted by Gasteiger charge is -2.48. The summed E-state index contributed by atoms with van der Waals surface area (Å²) in [6, 6.07) is 0. The van der Waals surface area contributed by atoms with Gasteiger partial charge in [0.2, 0.25) is 5.79 Å². The van der Waals surface area contributed by atoms with Gasteiger partial charge in [0, 0.05) is 0 Å². The maximum absolute atomic E-state index is 10.00. The summed E-state index contributed by atoms with van der Waals surface area (Å²) in [5, 5.41) is 77.0. The number of hydrogen-bond donors (Lipinski definition) is 8. The van der Waals surface area contributed by atoms with Crippen molar-refractivity contribution in [3.63, 3.8) is 0 Å². The highest BCUT2D eigenvalue weighted by atomic mass is 16.8. The van der Waals surface area contributed by atoms with Crippen molar-refractivity contribution in [3.05, 3.63) is 0 Å². The first-order valence-electron chi connectivity index (χ1n) is 7.04.